The Labute approximate surface area is 187 Å². The summed E-state index contributed by atoms with van der Waals surface area (Å²) in [6.07, 6.45) is 0. The first-order valence-electron chi connectivity index (χ1n) is 8.53. The van der Waals surface area contributed by atoms with Crippen LogP contribution < -0.4 is 5.32 Å². The minimum atomic E-state index is -0.817. The SMILES string of the molecule is CCOC(=O)c1c(C)[nH]c(C(=O)OCC(=O)Nc2c(Br)cc([N+](=O)[O-])cc2Br)c1C. The minimum absolute atomic E-state index is 0.0426. The summed E-state index contributed by atoms with van der Waals surface area (Å²) >= 11 is 6.30. The Hall–Kier alpha value is -2.73. The van der Waals surface area contributed by atoms with Gasteiger partial charge in [-0.3, -0.25) is 14.9 Å². The molecule has 0 unspecified atom stereocenters. The average Bonchev–Trinajstić information content (AvgIpc) is 2.97. The van der Waals surface area contributed by atoms with Crippen LogP contribution in [0.25, 0.3) is 0 Å². The van der Waals surface area contributed by atoms with Crippen molar-refractivity contribution in [3.63, 3.8) is 0 Å². The number of rotatable bonds is 7. The van der Waals surface area contributed by atoms with Gasteiger partial charge < -0.3 is 19.8 Å². The number of nitrogens with one attached hydrogen (secondary N) is 2. The zero-order chi connectivity index (χ0) is 22.6. The van der Waals surface area contributed by atoms with Crippen molar-refractivity contribution >= 4 is 61.1 Å². The molecule has 1 heterocycles. The summed E-state index contributed by atoms with van der Waals surface area (Å²) in [4.78, 5) is 49.6. The highest BCUT2D eigenvalue weighted by Gasteiger charge is 2.24. The predicted octanol–water partition coefficient (Wildman–Crippen LogP) is 4.04. The number of halogens is 2. The maximum absolute atomic E-state index is 12.3. The molecule has 1 amide bonds. The maximum atomic E-state index is 12.3. The molecule has 0 saturated heterocycles. The zero-order valence-corrected chi connectivity index (χ0v) is 19.3. The second-order valence-corrected chi connectivity index (χ2v) is 7.72. The molecule has 1 aromatic carbocycles. The van der Waals surface area contributed by atoms with E-state index in [1.807, 2.05) is 0 Å². The lowest BCUT2D eigenvalue weighted by Crippen LogP contribution is -2.22. The number of nitro benzene ring substituents is 1. The number of aromatic amines is 1. The summed E-state index contributed by atoms with van der Waals surface area (Å²) in [5.41, 5.74) is 1.16. The number of aryl methyl sites for hydroxylation is 1. The normalized spacial score (nSPS) is 10.4. The van der Waals surface area contributed by atoms with Crippen molar-refractivity contribution < 1.29 is 28.8 Å². The molecule has 0 saturated carbocycles. The number of aromatic nitrogens is 1. The van der Waals surface area contributed by atoms with Gasteiger partial charge in [-0.05, 0) is 58.2 Å². The first kappa shape index (κ1) is 23.5. The number of H-pyrrole nitrogens is 1. The fourth-order valence-electron chi connectivity index (χ4n) is 2.63. The Morgan fingerprint density at radius 2 is 1.73 bits per heavy atom. The second-order valence-electron chi connectivity index (χ2n) is 6.01. The van der Waals surface area contributed by atoms with Crippen molar-refractivity contribution in [2.75, 3.05) is 18.5 Å². The van der Waals surface area contributed by atoms with Crippen molar-refractivity contribution in [2.45, 2.75) is 20.8 Å². The average molecular weight is 547 g/mol. The first-order chi connectivity index (χ1) is 14.1. The molecule has 0 bridgehead atoms. The highest BCUT2D eigenvalue weighted by atomic mass is 79.9. The maximum Gasteiger partial charge on any atom is 0.355 e. The van der Waals surface area contributed by atoms with Crippen LogP contribution >= 0.6 is 31.9 Å². The molecular weight excluding hydrogens is 530 g/mol. The number of nitro groups is 1. The molecule has 0 atom stereocenters. The molecule has 2 rings (SSSR count). The Morgan fingerprint density at radius 1 is 1.13 bits per heavy atom. The monoisotopic (exact) mass is 545 g/mol. The third-order valence-corrected chi connectivity index (χ3v) is 5.21. The number of hydrogen-bond donors (Lipinski definition) is 2. The summed E-state index contributed by atoms with van der Waals surface area (Å²) in [7, 11) is 0. The van der Waals surface area contributed by atoms with E-state index in [2.05, 4.69) is 42.2 Å². The van der Waals surface area contributed by atoms with Crippen molar-refractivity contribution in [3.8, 4) is 0 Å². The van der Waals surface area contributed by atoms with E-state index >= 15 is 0 Å². The number of carbonyl (C=O) groups excluding carboxylic acids is 3. The van der Waals surface area contributed by atoms with E-state index in [4.69, 9.17) is 9.47 Å². The highest BCUT2D eigenvalue weighted by Crippen LogP contribution is 2.35. The molecule has 1 aromatic heterocycles. The van der Waals surface area contributed by atoms with Gasteiger partial charge in [0.2, 0.25) is 0 Å². The smallest absolute Gasteiger partial charge is 0.355 e. The summed E-state index contributed by atoms with van der Waals surface area (Å²) in [5, 5.41) is 13.4. The molecule has 0 aliphatic heterocycles. The number of benzene rings is 1. The van der Waals surface area contributed by atoms with Crippen molar-refractivity contribution in [2.24, 2.45) is 0 Å². The van der Waals surface area contributed by atoms with E-state index in [0.29, 0.717) is 11.3 Å². The van der Waals surface area contributed by atoms with Crippen molar-refractivity contribution in [1.82, 2.24) is 4.98 Å². The van der Waals surface area contributed by atoms with Gasteiger partial charge in [0.1, 0.15) is 5.69 Å². The van der Waals surface area contributed by atoms with E-state index < -0.39 is 29.4 Å². The van der Waals surface area contributed by atoms with Gasteiger partial charge in [0, 0.05) is 26.8 Å². The number of anilines is 1. The topological polar surface area (TPSA) is 141 Å². The highest BCUT2D eigenvalue weighted by molar-refractivity contribution is 9.11. The van der Waals surface area contributed by atoms with E-state index in [1.54, 1.807) is 20.8 Å². The quantitative estimate of drug-likeness (QED) is 0.303. The lowest BCUT2D eigenvalue weighted by atomic mass is 10.1. The third kappa shape index (κ3) is 5.25. The van der Waals surface area contributed by atoms with Crippen LogP contribution in [0, 0.1) is 24.0 Å². The van der Waals surface area contributed by atoms with Gasteiger partial charge >= 0.3 is 11.9 Å². The molecule has 0 radical (unpaired) electrons. The molecule has 12 heteroatoms. The fourth-order valence-corrected chi connectivity index (χ4v) is 3.99. The molecule has 0 aliphatic carbocycles. The fraction of sp³-hybridized carbons (Fsp3) is 0.278. The largest absolute Gasteiger partial charge is 0.462 e. The van der Waals surface area contributed by atoms with Crippen LogP contribution in [0.15, 0.2) is 21.1 Å². The zero-order valence-electron chi connectivity index (χ0n) is 16.1. The summed E-state index contributed by atoms with van der Waals surface area (Å²) in [6, 6.07) is 2.46. The number of carbonyl (C=O) groups is 3. The Bertz CT molecular complexity index is 1010. The molecule has 10 nitrogen and oxygen atoms in total. The number of non-ortho nitro benzene ring substituents is 1. The van der Waals surface area contributed by atoms with Crippen LogP contribution in [-0.2, 0) is 14.3 Å². The molecule has 2 aromatic rings. The first-order valence-corrected chi connectivity index (χ1v) is 10.1. The van der Waals surface area contributed by atoms with E-state index in [-0.39, 0.29) is 38.2 Å². The summed E-state index contributed by atoms with van der Waals surface area (Å²) < 4.78 is 10.5. The van der Waals surface area contributed by atoms with Crippen LogP contribution in [0.4, 0.5) is 11.4 Å². The molecule has 0 aliphatic rings. The number of nitrogens with zero attached hydrogens (tertiary/aromatic N) is 1. The molecular formula is C18H17Br2N3O7. The standard InChI is InChI=1S/C18H17Br2N3O7/c1-4-29-17(25)14-8(2)15(21-9(14)3)18(26)30-7-13(24)22-16-11(19)5-10(23(27)28)6-12(16)20/h5-6,21H,4,7H2,1-3H3,(H,22,24). The van der Waals surface area contributed by atoms with Gasteiger partial charge in [-0.1, -0.05) is 0 Å². The van der Waals surface area contributed by atoms with Crippen molar-refractivity contribution in [1.29, 1.82) is 0 Å². The van der Waals surface area contributed by atoms with Gasteiger partial charge in [0.25, 0.3) is 11.6 Å². The van der Waals surface area contributed by atoms with Gasteiger partial charge in [0.05, 0.1) is 22.8 Å². The Balaban J connectivity index is 2.07. The van der Waals surface area contributed by atoms with Crippen LogP contribution in [0.1, 0.15) is 39.0 Å². The molecule has 0 spiro atoms. The van der Waals surface area contributed by atoms with E-state index in [0.717, 1.165) is 0 Å². The van der Waals surface area contributed by atoms with Gasteiger partial charge in [0.15, 0.2) is 6.61 Å². The lowest BCUT2D eigenvalue weighted by Gasteiger charge is -2.10. The Morgan fingerprint density at radius 3 is 2.27 bits per heavy atom. The third-order valence-electron chi connectivity index (χ3n) is 3.96. The number of esters is 2. The van der Waals surface area contributed by atoms with E-state index in [1.165, 1.54) is 12.1 Å². The second kappa shape index (κ2) is 9.85. The Kier molecular flexibility index (Phi) is 7.73. The van der Waals surface area contributed by atoms with Crippen LogP contribution in [0.5, 0.6) is 0 Å². The lowest BCUT2D eigenvalue weighted by molar-refractivity contribution is -0.385. The van der Waals surface area contributed by atoms with Crippen molar-refractivity contribution in [3.05, 3.63) is 53.7 Å². The van der Waals surface area contributed by atoms with Crippen LogP contribution in [0.3, 0.4) is 0 Å². The van der Waals surface area contributed by atoms with Crippen LogP contribution in [0.2, 0.25) is 0 Å². The number of ether oxygens (including phenoxy) is 2. The van der Waals surface area contributed by atoms with E-state index in [9.17, 15) is 24.5 Å². The van der Waals surface area contributed by atoms with Gasteiger partial charge in [-0.15, -0.1) is 0 Å². The van der Waals surface area contributed by atoms with Gasteiger partial charge in [-0.2, -0.15) is 0 Å². The predicted molar refractivity (Wildman–Crippen MR) is 114 cm³/mol. The molecule has 160 valence electrons. The number of amides is 1. The summed E-state index contributed by atoms with van der Waals surface area (Å²) in [6.45, 7) is 4.44. The molecule has 30 heavy (non-hydrogen) atoms. The molecule has 2 N–H and O–H groups in total. The summed E-state index contributed by atoms with van der Waals surface area (Å²) in [5.74, 6) is -2.04. The van der Waals surface area contributed by atoms with Crippen LogP contribution in [-0.4, -0.2) is 41.0 Å². The minimum Gasteiger partial charge on any atom is -0.462 e. The molecule has 0 fully saturated rings. The number of hydrogen-bond acceptors (Lipinski definition) is 7. The van der Waals surface area contributed by atoms with Gasteiger partial charge in [-0.25, -0.2) is 9.59 Å².